The summed E-state index contributed by atoms with van der Waals surface area (Å²) in [7, 11) is 4.78. The SMILES string of the molecule is COc1ccc([C@@H](NC=O)c2ccc(OC)c(OC)c2)cc1. The third kappa shape index (κ3) is 3.31. The number of methoxy groups -OCH3 is 3. The van der Waals surface area contributed by atoms with Gasteiger partial charge < -0.3 is 19.5 Å². The largest absolute Gasteiger partial charge is 0.497 e. The van der Waals surface area contributed by atoms with E-state index >= 15 is 0 Å². The van der Waals surface area contributed by atoms with Crippen molar-refractivity contribution in [3.05, 3.63) is 53.6 Å². The molecular weight excluding hydrogens is 282 g/mol. The number of ether oxygens (including phenoxy) is 3. The molecule has 0 saturated heterocycles. The Labute approximate surface area is 129 Å². The second kappa shape index (κ2) is 7.36. The predicted molar refractivity (Wildman–Crippen MR) is 83.6 cm³/mol. The number of rotatable bonds is 7. The van der Waals surface area contributed by atoms with Crippen LogP contribution >= 0.6 is 0 Å². The molecule has 2 rings (SSSR count). The van der Waals surface area contributed by atoms with Crippen LogP contribution in [-0.4, -0.2) is 27.7 Å². The summed E-state index contributed by atoms with van der Waals surface area (Å²) in [6, 6.07) is 12.8. The highest BCUT2D eigenvalue weighted by Gasteiger charge is 2.16. The van der Waals surface area contributed by atoms with Gasteiger partial charge in [0.2, 0.25) is 6.41 Å². The topological polar surface area (TPSA) is 56.8 Å². The molecule has 0 aromatic heterocycles. The first-order chi connectivity index (χ1) is 10.7. The average Bonchev–Trinajstić information content (AvgIpc) is 2.59. The summed E-state index contributed by atoms with van der Waals surface area (Å²) in [5.74, 6) is 2.03. The van der Waals surface area contributed by atoms with Gasteiger partial charge in [-0.1, -0.05) is 18.2 Å². The molecule has 0 saturated carbocycles. The average molecular weight is 301 g/mol. The predicted octanol–water partition coefficient (Wildman–Crippen LogP) is 2.55. The van der Waals surface area contributed by atoms with Gasteiger partial charge in [0.25, 0.3) is 0 Å². The Balaban J connectivity index is 2.40. The second-order valence-corrected chi connectivity index (χ2v) is 4.61. The molecule has 116 valence electrons. The summed E-state index contributed by atoms with van der Waals surface area (Å²) in [6.07, 6.45) is 0.686. The van der Waals surface area contributed by atoms with Crippen LogP contribution in [-0.2, 0) is 4.79 Å². The van der Waals surface area contributed by atoms with Gasteiger partial charge in [-0.05, 0) is 35.4 Å². The lowest BCUT2D eigenvalue weighted by molar-refractivity contribution is -0.110. The molecule has 0 bridgehead atoms. The summed E-state index contributed by atoms with van der Waals surface area (Å²) < 4.78 is 15.7. The Morgan fingerprint density at radius 3 is 2.05 bits per heavy atom. The van der Waals surface area contributed by atoms with Crippen LogP contribution < -0.4 is 19.5 Å². The molecule has 0 aliphatic rings. The van der Waals surface area contributed by atoms with Crippen molar-refractivity contribution in [1.29, 1.82) is 0 Å². The number of carbonyl (C=O) groups is 1. The van der Waals surface area contributed by atoms with Crippen LogP contribution in [0.15, 0.2) is 42.5 Å². The van der Waals surface area contributed by atoms with Gasteiger partial charge in [-0.15, -0.1) is 0 Å². The van der Waals surface area contributed by atoms with Crippen molar-refractivity contribution in [3.63, 3.8) is 0 Å². The van der Waals surface area contributed by atoms with Crippen LogP contribution in [0.1, 0.15) is 17.2 Å². The van der Waals surface area contributed by atoms with Gasteiger partial charge in [0.1, 0.15) is 5.75 Å². The van der Waals surface area contributed by atoms with Crippen LogP contribution in [0.5, 0.6) is 17.2 Å². The molecular formula is C17H19NO4. The van der Waals surface area contributed by atoms with Crippen molar-refractivity contribution in [2.24, 2.45) is 0 Å². The maximum Gasteiger partial charge on any atom is 0.207 e. The van der Waals surface area contributed by atoms with E-state index in [-0.39, 0.29) is 6.04 Å². The molecule has 0 aliphatic carbocycles. The maximum absolute atomic E-state index is 11.0. The molecule has 22 heavy (non-hydrogen) atoms. The Kier molecular flexibility index (Phi) is 5.25. The van der Waals surface area contributed by atoms with E-state index in [4.69, 9.17) is 14.2 Å². The van der Waals surface area contributed by atoms with E-state index in [9.17, 15) is 4.79 Å². The monoisotopic (exact) mass is 301 g/mol. The molecule has 5 nitrogen and oxygen atoms in total. The van der Waals surface area contributed by atoms with E-state index in [1.807, 2.05) is 42.5 Å². The first kappa shape index (κ1) is 15.7. The van der Waals surface area contributed by atoms with Crippen molar-refractivity contribution in [1.82, 2.24) is 5.32 Å². The number of carbonyl (C=O) groups excluding carboxylic acids is 1. The third-order valence-corrected chi connectivity index (χ3v) is 3.42. The number of benzene rings is 2. The van der Waals surface area contributed by atoms with Crippen molar-refractivity contribution in [3.8, 4) is 17.2 Å². The van der Waals surface area contributed by atoms with Gasteiger partial charge in [0, 0.05) is 0 Å². The lowest BCUT2D eigenvalue weighted by Gasteiger charge is -2.19. The van der Waals surface area contributed by atoms with E-state index in [0.717, 1.165) is 16.9 Å². The Morgan fingerprint density at radius 1 is 0.864 bits per heavy atom. The van der Waals surface area contributed by atoms with Crippen molar-refractivity contribution in [2.75, 3.05) is 21.3 Å². The molecule has 0 heterocycles. The zero-order valence-electron chi connectivity index (χ0n) is 12.8. The maximum atomic E-state index is 11.0. The fourth-order valence-electron chi connectivity index (χ4n) is 2.28. The minimum Gasteiger partial charge on any atom is -0.497 e. The molecule has 5 heteroatoms. The number of amides is 1. The molecule has 0 aliphatic heterocycles. The third-order valence-electron chi connectivity index (χ3n) is 3.42. The summed E-state index contributed by atoms with van der Waals surface area (Å²) in [5.41, 5.74) is 1.84. The highest BCUT2D eigenvalue weighted by atomic mass is 16.5. The molecule has 2 aromatic carbocycles. The molecule has 2 aromatic rings. The molecule has 0 fully saturated rings. The first-order valence-corrected chi connectivity index (χ1v) is 6.79. The minimum absolute atomic E-state index is 0.275. The molecule has 1 atom stereocenters. The van der Waals surface area contributed by atoms with Crippen LogP contribution in [0.3, 0.4) is 0 Å². The normalized spacial score (nSPS) is 11.4. The van der Waals surface area contributed by atoms with Gasteiger partial charge in [-0.3, -0.25) is 4.79 Å². The van der Waals surface area contributed by atoms with Crippen molar-refractivity contribution < 1.29 is 19.0 Å². The van der Waals surface area contributed by atoms with Gasteiger partial charge in [0.15, 0.2) is 11.5 Å². The fourth-order valence-corrected chi connectivity index (χ4v) is 2.28. The lowest BCUT2D eigenvalue weighted by atomic mass is 9.98. The molecule has 0 spiro atoms. The van der Waals surface area contributed by atoms with E-state index < -0.39 is 0 Å². The van der Waals surface area contributed by atoms with Crippen molar-refractivity contribution >= 4 is 6.41 Å². The van der Waals surface area contributed by atoms with E-state index in [0.29, 0.717) is 17.9 Å². The van der Waals surface area contributed by atoms with E-state index in [1.54, 1.807) is 21.3 Å². The van der Waals surface area contributed by atoms with Crippen LogP contribution in [0.2, 0.25) is 0 Å². The number of nitrogens with one attached hydrogen (secondary N) is 1. The first-order valence-electron chi connectivity index (χ1n) is 6.79. The Morgan fingerprint density at radius 2 is 1.50 bits per heavy atom. The fraction of sp³-hybridized carbons (Fsp3) is 0.235. The summed E-state index contributed by atoms with van der Waals surface area (Å²) in [6.45, 7) is 0. The second-order valence-electron chi connectivity index (χ2n) is 4.61. The van der Waals surface area contributed by atoms with E-state index in [1.165, 1.54) is 0 Å². The van der Waals surface area contributed by atoms with Gasteiger partial charge >= 0.3 is 0 Å². The Bertz CT molecular complexity index is 625. The van der Waals surface area contributed by atoms with E-state index in [2.05, 4.69) is 5.32 Å². The quantitative estimate of drug-likeness (QED) is 0.799. The zero-order valence-corrected chi connectivity index (χ0v) is 12.8. The smallest absolute Gasteiger partial charge is 0.207 e. The van der Waals surface area contributed by atoms with Gasteiger partial charge in [0.05, 0.1) is 27.4 Å². The number of hydrogen-bond donors (Lipinski definition) is 1. The minimum atomic E-state index is -0.275. The molecule has 0 unspecified atom stereocenters. The summed E-state index contributed by atoms with van der Waals surface area (Å²) in [4.78, 5) is 11.0. The van der Waals surface area contributed by atoms with Crippen LogP contribution in [0.4, 0.5) is 0 Å². The van der Waals surface area contributed by atoms with Crippen LogP contribution in [0, 0.1) is 0 Å². The standard InChI is InChI=1S/C17H19NO4/c1-20-14-7-4-12(5-8-14)17(18-11-19)13-6-9-15(21-2)16(10-13)22-3/h4-11,17H,1-3H3,(H,18,19)/t17-/m1/s1. The number of hydrogen-bond acceptors (Lipinski definition) is 4. The van der Waals surface area contributed by atoms with Crippen LogP contribution in [0.25, 0.3) is 0 Å². The van der Waals surface area contributed by atoms with Gasteiger partial charge in [-0.25, -0.2) is 0 Å². The zero-order chi connectivity index (χ0) is 15.9. The summed E-state index contributed by atoms with van der Waals surface area (Å²) in [5, 5.41) is 2.82. The highest BCUT2D eigenvalue weighted by molar-refractivity contribution is 5.53. The van der Waals surface area contributed by atoms with Gasteiger partial charge in [-0.2, -0.15) is 0 Å². The molecule has 0 radical (unpaired) electrons. The molecule has 1 amide bonds. The lowest BCUT2D eigenvalue weighted by Crippen LogP contribution is -2.20. The highest BCUT2D eigenvalue weighted by Crippen LogP contribution is 2.32. The Hall–Kier alpha value is -2.69. The molecule has 1 N–H and O–H groups in total. The van der Waals surface area contributed by atoms with Crippen molar-refractivity contribution in [2.45, 2.75) is 6.04 Å². The summed E-state index contributed by atoms with van der Waals surface area (Å²) >= 11 is 0.